The van der Waals surface area contributed by atoms with Crippen molar-refractivity contribution >= 4 is 5.91 Å². The minimum Gasteiger partial charge on any atom is -0.340 e. The zero-order valence-electron chi connectivity index (χ0n) is 18.1. The van der Waals surface area contributed by atoms with E-state index in [1.807, 2.05) is 13.8 Å². The van der Waals surface area contributed by atoms with Gasteiger partial charge in [-0.15, -0.1) is 0 Å². The number of aromatic nitrogens is 1. The summed E-state index contributed by atoms with van der Waals surface area (Å²) in [5, 5.41) is 2.49. The molecule has 1 N–H and O–H groups in total. The van der Waals surface area contributed by atoms with Crippen LogP contribution in [0.3, 0.4) is 0 Å². The molecule has 1 heterocycles. The molecule has 9 heteroatoms. The highest BCUT2D eigenvalue weighted by molar-refractivity contribution is 5.96. The van der Waals surface area contributed by atoms with Crippen LogP contribution in [0.4, 0.5) is 26.3 Å². The Morgan fingerprint density at radius 2 is 1.45 bits per heavy atom. The molecule has 0 radical (unpaired) electrons. The number of nitrogens with zero attached hydrogens (tertiary/aromatic N) is 1. The van der Waals surface area contributed by atoms with E-state index in [9.17, 15) is 31.1 Å². The topological polar surface area (TPSA) is 42.0 Å². The summed E-state index contributed by atoms with van der Waals surface area (Å²) in [5.74, 6) is -0.679. The number of aryl methyl sites for hydroxylation is 1. The zero-order chi connectivity index (χ0) is 24.8. The van der Waals surface area contributed by atoms with Gasteiger partial charge < -0.3 is 5.32 Å². The third-order valence-electron chi connectivity index (χ3n) is 4.65. The molecule has 0 saturated heterocycles. The summed E-state index contributed by atoms with van der Waals surface area (Å²) in [5.41, 5.74) is -1.73. The number of benzene rings is 2. The van der Waals surface area contributed by atoms with E-state index in [0.717, 1.165) is 42.6 Å². The summed E-state index contributed by atoms with van der Waals surface area (Å²) in [4.78, 5) is 16.6. The lowest BCUT2D eigenvalue weighted by molar-refractivity contribution is -0.139. The lowest BCUT2D eigenvalue weighted by Crippen LogP contribution is -2.32. The average Bonchev–Trinajstić information content (AvgIpc) is 2.78. The van der Waals surface area contributed by atoms with Crippen molar-refractivity contribution in [3.05, 3.63) is 100 Å². The molecule has 0 fully saturated rings. The fourth-order valence-corrected chi connectivity index (χ4v) is 3.10. The van der Waals surface area contributed by atoms with Gasteiger partial charge in [-0.05, 0) is 48.4 Å². The predicted molar refractivity (Wildman–Crippen MR) is 113 cm³/mol. The first-order valence-corrected chi connectivity index (χ1v) is 10.0. The highest BCUT2D eigenvalue weighted by Crippen LogP contribution is 2.36. The highest BCUT2D eigenvalue weighted by Gasteiger charge is 2.37. The summed E-state index contributed by atoms with van der Waals surface area (Å²) < 4.78 is 79.4. The molecule has 1 aromatic heterocycles. The lowest BCUT2D eigenvalue weighted by atomic mass is 9.97. The van der Waals surface area contributed by atoms with Gasteiger partial charge in [-0.2, -0.15) is 26.3 Å². The SMILES string of the molecule is CC.Cc1ccccc1C(=O)NC(c1ccc(C(F)(F)F)cc1)c1ncccc1C(F)(F)F. The molecule has 0 spiro atoms. The van der Waals surface area contributed by atoms with Crippen LogP contribution in [0.2, 0.25) is 0 Å². The van der Waals surface area contributed by atoms with Crippen LogP contribution in [0.15, 0.2) is 66.9 Å². The molecule has 0 aliphatic carbocycles. The summed E-state index contributed by atoms with van der Waals surface area (Å²) >= 11 is 0. The number of nitrogens with one attached hydrogen (secondary N) is 1. The van der Waals surface area contributed by atoms with Gasteiger partial charge in [-0.3, -0.25) is 9.78 Å². The molecule has 33 heavy (non-hydrogen) atoms. The van der Waals surface area contributed by atoms with Crippen molar-refractivity contribution < 1.29 is 31.1 Å². The van der Waals surface area contributed by atoms with Gasteiger partial charge in [0, 0.05) is 11.8 Å². The van der Waals surface area contributed by atoms with Crippen molar-refractivity contribution in [1.29, 1.82) is 0 Å². The Hall–Kier alpha value is -3.36. The molecule has 0 aliphatic heterocycles. The predicted octanol–water partition coefficient (Wildman–Crippen LogP) is 6.97. The monoisotopic (exact) mass is 468 g/mol. The number of rotatable bonds is 4. The van der Waals surface area contributed by atoms with Crippen LogP contribution in [0.25, 0.3) is 0 Å². The summed E-state index contributed by atoms with van der Waals surface area (Å²) in [6, 6.07) is 10.5. The molecule has 3 nitrogen and oxygen atoms in total. The summed E-state index contributed by atoms with van der Waals surface area (Å²) in [7, 11) is 0. The van der Waals surface area contributed by atoms with Crippen molar-refractivity contribution in [2.24, 2.45) is 0 Å². The molecule has 176 valence electrons. The normalized spacial score (nSPS) is 12.4. The Morgan fingerprint density at radius 1 is 0.848 bits per heavy atom. The van der Waals surface area contributed by atoms with Gasteiger partial charge in [0.1, 0.15) is 0 Å². The Labute approximate surface area is 187 Å². The summed E-state index contributed by atoms with van der Waals surface area (Å²) in [6.07, 6.45) is -8.26. The number of halogens is 6. The minimum absolute atomic E-state index is 0.0270. The number of carbonyl (C=O) groups is 1. The molecule has 1 atom stereocenters. The number of amides is 1. The largest absolute Gasteiger partial charge is 0.418 e. The summed E-state index contributed by atoms with van der Waals surface area (Å²) in [6.45, 7) is 5.66. The third-order valence-corrected chi connectivity index (χ3v) is 4.65. The maximum Gasteiger partial charge on any atom is 0.418 e. The van der Waals surface area contributed by atoms with Gasteiger partial charge in [0.2, 0.25) is 0 Å². The third kappa shape index (κ3) is 6.34. The van der Waals surface area contributed by atoms with Gasteiger partial charge in [-0.1, -0.05) is 44.2 Å². The van der Waals surface area contributed by atoms with E-state index in [2.05, 4.69) is 10.3 Å². The lowest BCUT2D eigenvalue weighted by Gasteiger charge is -2.23. The molecule has 0 saturated carbocycles. The minimum atomic E-state index is -4.78. The molecular weight excluding hydrogens is 446 g/mol. The van der Waals surface area contributed by atoms with Crippen LogP contribution in [-0.4, -0.2) is 10.9 Å². The van der Waals surface area contributed by atoms with Gasteiger partial charge in [0.05, 0.1) is 22.9 Å². The maximum atomic E-state index is 13.6. The van der Waals surface area contributed by atoms with Gasteiger partial charge >= 0.3 is 12.4 Å². The van der Waals surface area contributed by atoms with E-state index in [1.165, 1.54) is 6.07 Å². The molecule has 3 aromatic rings. The van der Waals surface area contributed by atoms with Crippen molar-refractivity contribution in [3.63, 3.8) is 0 Å². The molecule has 2 aromatic carbocycles. The van der Waals surface area contributed by atoms with E-state index in [-0.39, 0.29) is 11.1 Å². The Kier molecular flexibility index (Phi) is 8.24. The van der Waals surface area contributed by atoms with Crippen LogP contribution in [0, 0.1) is 6.92 Å². The fourth-order valence-electron chi connectivity index (χ4n) is 3.10. The average molecular weight is 468 g/mol. The second-order valence-electron chi connectivity index (χ2n) is 6.78. The second-order valence-corrected chi connectivity index (χ2v) is 6.78. The number of pyridine rings is 1. The van der Waals surface area contributed by atoms with Crippen molar-refractivity contribution in [2.45, 2.75) is 39.2 Å². The number of hydrogen-bond acceptors (Lipinski definition) is 2. The van der Waals surface area contributed by atoms with Crippen LogP contribution >= 0.6 is 0 Å². The molecule has 0 aliphatic rings. The first-order valence-electron chi connectivity index (χ1n) is 10.0. The van der Waals surface area contributed by atoms with Crippen LogP contribution < -0.4 is 5.32 Å². The zero-order valence-corrected chi connectivity index (χ0v) is 18.1. The second kappa shape index (κ2) is 10.5. The Balaban J connectivity index is 0.00000187. The Bertz CT molecular complexity index is 1080. The number of carbonyl (C=O) groups excluding carboxylic acids is 1. The first-order chi connectivity index (χ1) is 15.5. The van der Waals surface area contributed by atoms with Crippen LogP contribution in [0.5, 0.6) is 0 Å². The van der Waals surface area contributed by atoms with E-state index >= 15 is 0 Å². The molecule has 1 unspecified atom stereocenters. The molecule has 0 bridgehead atoms. The fraction of sp³-hybridized carbons (Fsp3) is 0.250. The van der Waals surface area contributed by atoms with Gasteiger partial charge in [-0.25, -0.2) is 0 Å². The number of hydrogen-bond donors (Lipinski definition) is 1. The Morgan fingerprint density at radius 3 is 2.00 bits per heavy atom. The first kappa shape index (κ1) is 25.9. The molecule has 1 amide bonds. The van der Waals surface area contributed by atoms with Crippen molar-refractivity contribution in [1.82, 2.24) is 10.3 Å². The standard InChI is InChI=1S/C22H16F6N2O.C2H6/c1-13-5-2-3-6-16(13)20(31)30-18(14-8-10-15(11-9-14)21(23,24)25)19-17(22(26,27)28)7-4-12-29-19;1-2/h2-12,18H,1H3,(H,30,31);1-2H3. The maximum absolute atomic E-state index is 13.6. The smallest absolute Gasteiger partial charge is 0.340 e. The van der Waals surface area contributed by atoms with Gasteiger partial charge in [0.15, 0.2) is 0 Å². The highest BCUT2D eigenvalue weighted by atomic mass is 19.4. The van der Waals surface area contributed by atoms with Crippen LogP contribution in [0.1, 0.15) is 58.2 Å². The molecular formula is C24H22F6N2O. The van der Waals surface area contributed by atoms with Gasteiger partial charge in [0.25, 0.3) is 5.91 Å². The number of alkyl halides is 6. The quantitative estimate of drug-likeness (QED) is 0.420. The van der Waals surface area contributed by atoms with Crippen molar-refractivity contribution in [3.8, 4) is 0 Å². The van der Waals surface area contributed by atoms with E-state index in [1.54, 1.807) is 25.1 Å². The van der Waals surface area contributed by atoms with E-state index < -0.39 is 41.1 Å². The molecule has 3 rings (SSSR count). The van der Waals surface area contributed by atoms with E-state index in [4.69, 9.17) is 0 Å². The van der Waals surface area contributed by atoms with Crippen molar-refractivity contribution in [2.75, 3.05) is 0 Å². The van der Waals surface area contributed by atoms with Crippen LogP contribution in [-0.2, 0) is 12.4 Å². The van der Waals surface area contributed by atoms with E-state index in [0.29, 0.717) is 5.56 Å².